The molecule has 2 aromatic carbocycles. The summed E-state index contributed by atoms with van der Waals surface area (Å²) in [5, 5.41) is 0. The number of nitrogens with zero attached hydrogens (tertiary/aromatic N) is 1. The molecule has 1 heterocycles. The lowest BCUT2D eigenvalue weighted by atomic mass is 9.94. The van der Waals surface area contributed by atoms with E-state index in [0.717, 1.165) is 11.1 Å². The Morgan fingerprint density at radius 2 is 1.62 bits per heavy atom. The van der Waals surface area contributed by atoms with Gasteiger partial charge >= 0.3 is 18.0 Å². The van der Waals surface area contributed by atoms with Crippen LogP contribution in [0.2, 0.25) is 0 Å². The van der Waals surface area contributed by atoms with E-state index >= 15 is 0 Å². The second-order valence-electron chi connectivity index (χ2n) is 8.01. The third-order valence-electron chi connectivity index (χ3n) is 5.31. The van der Waals surface area contributed by atoms with Gasteiger partial charge in [0.05, 0.1) is 31.5 Å². The van der Waals surface area contributed by atoms with Crippen LogP contribution in [0.3, 0.4) is 0 Å². The number of esters is 2. The van der Waals surface area contributed by atoms with Gasteiger partial charge < -0.3 is 23.8 Å². The average Bonchev–Trinajstić information content (AvgIpc) is 2.86. The van der Waals surface area contributed by atoms with Gasteiger partial charge in [0, 0.05) is 18.7 Å². The minimum Gasteiger partial charge on any atom is -0.490 e. The van der Waals surface area contributed by atoms with Crippen LogP contribution in [0.1, 0.15) is 52.1 Å². The van der Waals surface area contributed by atoms with E-state index in [1.54, 1.807) is 11.0 Å². The molecule has 180 valence electrons. The number of ether oxygens (including phenoxy) is 4. The van der Waals surface area contributed by atoms with Crippen molar-refractivity contribution in [1.29, 1.82) is 0 Å². The Hall–Kier alpha value is -3.81. The van der Waals surface area contributed by atoms with Crippen LogP contribution < -0.4 is 4.74 Å². The Bertz CT molecular complexity index is 1080. The summed E-state index contributed by atoms with van der Waals surface area (Å²) in [6, 6.07) is 12.6. The van der Waals surface area contributed by atoms with E-state index in [2.05, 4.69) is 0 Å². The second kappa shape index (κ2) is 11.4. The summed E-state index contributed by atoms with van der Waals surface area (Å²) in [5.74, 6) is -0.861. The average molecular weight is 468 g/mol. The van der Waals surface area contributed by atoms with Gasteiger partial charge in [0.2, 0.25) is 0 Å². The fourth-order valence-corrected chi connectivity index (χ4v) is 3.63. The van der Waals surface area contributed by atoms with Crippen molar-refractivity contribution in [3.05, 3.63) is 70.8 Å². The summed E-state index contributed by atoms with van der Waals surface area (Å²) in [5.41, 5.74) is 2.63. The zero-order chi connectivity index (χ0) is 24.7. The molecule has 0 unspecified atom stereocenters. The minimum absolute atomic E-state index is 0.0660. The van der Waals surface area contributed by atoms with Gasteiger partial charge in [-0.1, -0.05) is 36.4 Å². The smallest absolute Gasteiger partial charge is 0.410 e. The van der Waals surface area contributed by atoms with Crippen molar-refractivity contribution in [2.24, 2.45) is 0 Å². The van der Waals surface area contributed by atoms with Gasteiger partial charge in [0.1, 0.15) is 12.4 Å². The van der Waals surface area contributed by atoms with Gasteiger partial charge in [-0.25, -0.2) is 14.4 Å². The van der Waals surface area contributed by atoms with E-state index in [1.807, 2.05) is 50.3 Å². The quantitative estimate of drug-likeness (QED) is 0.438. The van der Waals surface area contributed by atoms with Gasteiger partial charge in [0.15, 0.2) is 0 Å². The third-order valence-corrected chi connectivity index (χ3v) is 5.31. The Labute approximate surface area is 199 Å². The number of methoxy groups -OCH3 is 2. The van der Waals surface area contributed by atoms with Gasteiger partial charge in [-0.3, -0.25) is 0 Å². The van der Waals surface area contributed by atoms with Crippen molar-refractivity contribution in [2.45, 2.75) is 33.0 Å². The first kappa shape index (κ1) is 24.8. The molecule has 0 aliphatic carbocycles. The SMILES string of the molecule is COC(=O)c1cc(OC(C)C)c(C2=CCN(C(=O)OCc3ccccc3)CC2)cc1C(=O)OC. The summed E-state index contributed by atoms with van der Waals surface area (Å²) in [7, 11) is 2.50. The molecular formula is C26H29NO7. The highest BCUT2D eigenvalue weighted by atomic mass is 16.6. The summed E-state index contributed by atoms with van der Waals surface area (Å²) in [4.78, 5) is 38.8. The molecule has 0 saturated carbocycles. The van der Waals surface area contributed by atoms with Crippen LogP contribution in [0.4, 0.5) is 4.79 Å². The highest BCUT2D eigenvalue weighted by Gasteiger charge is 2.26. The summed E-state index contributed by atoms with van der Waals surface area (Å²) in [6.45, 7) is 4.73. The standard InChI is InChI=1S/C26H29NO7/c1-17(2)34-23-15-22(25(29)32-4)21(24(28)31-3)14-20(23)19-10-12-27(13-11-19)26(30)33-16-18-8-6-5-7-9-18/h5-10,14-15,17H,11-13,16H2,1-4H3. The highest BCUT2D eigenvalue weighted by molar-refractivity contribution is 6.04. The zero-order valence-corrected chi connectivity index (χ0v) is 19.8. The summed E-state index contributed by atoms with van der Waals surface area (Å²) < 4.78 is 21.1. The van der Waals surface area contributed by atoms with Crippen molar-refractivity contribution in [3.8, 4) is 5.75 Å². The van der Waals surface area contributed by atoms with Crippen LogP contribution in [0.5, 0.6) is 5.75 Å². The molecule has 1 aliphatic rings. The molecule has 0 spiro atoms. The number of rotatable bonds is 7. The lowest BCUT2D eigenvalue weighted by molar-refractivity contribution is 0.0554. The molecule has 0 saturated heterocycles. The lowest BCUT2D eigenvalue weighted by Gasteiger charge is -2.27. The van der Waals surface area contributed by atoms with E-state index in [-0.39, 0.29) is 23.8 Å². The maximum Gasteiger partial charge on any atom is 0.410 e. The Balaban J connectivity index is 1.84. The number of carbonyl (C=O) groups excluding carboxylic acids is 3. The Morgan fingerprint density at radius 1 is 0.971 bits per heavy atom. The molecule has 0 N–H and O–H groups in total. The second-order valence-corrected chi connectivity index (χ2v) is 8.01. The van der Waals surface area contributed by atoms with Crippen LogP contribution in [0, 0.1) is 0 Å². The van der Waals surface area contributed by atoms with E-state index in [4.69, 9.17) is 18.9 Å². The molecule has 0 atom stereocenters. The number of carbonyl (C=O) groups is 3. The molecule has 1 aliphatic heterocycles. The molecular weight excluding hydrogens is 438 g/mol. The van der Waals surface area contributed by atoms with Crippen LogP contribution in [-0.4, -0.2) is 56.3 Å². The number of benzene rings is 2. The topological polar surface area (TPSA) is 91.4 Å². The van der Waals surface area contributed by atoms with Crippen molar-refractivity contribution in [3.63, 3.8) is 0 Å². The largest absolute Gasteiger partial charge is 0.490 e. The Morgan fingerprint density at radius 3 is 2.18 bits per heavy atom. The van der Waals surface area contributed by atoms with Crippen molar-refractivity contribution in [2.75, 3.05) is 27.3 Å². The first-order chi connectivity index (χ1) is 16.3. The lowest BCUT2D eigenvalue weighted by Crippen LogP contribution is -2.35. The van der Waals surface area contributed by atoms with Crippen LogP contribution in [0.15, 0.2) is 48.5 Å². The van der Waals surface area contributed by atoms with Gasteiger partial charge in [-0.2, -0.15) is 0 Å². The van der Waals surface area contributed by atoms with Crippen LogP contribution >= 0.6 is 0 Å². The van der Waals surface area contributed by atoms with E-state index < -0.39 is 18.0 Å². The third kappa shape index (κ3) is 5.95. The molecule has 0 aromatic heterocycles. The van der Waals surface area contributed by atoms with Crippen molar-refractivity contribution >= 4 is 23.6 Å². The van der Waals surface area contributed by atoms with Gasteiger partial charge in [0.25, 0.3) is 0 Å². The van der Waals surface area contributed by atoms with Gasteiger partial charge in [-0.05, 0) is 43.5 Å². The van der Waals surface area contributed by atoms with E-state index in [9.17, 15) is 14.4 Å². The zero-order valence-electron chi connectivity index (χ0n) is 19.8. The predicted octanol–water partition coefficient (Wildman–Crippen LogP) is 4.47. The fraction of sp³-hybridized carbons (Fsp3) is 0.346. The maximum absolute atomic E-state index is 12.5. The predicted molar refractivity (Wildman–Crippen MR) is 126 cm³/mol. The molecule has 8 heteroatoms. The summed E-state index contributed by atoms with van der Waals surface area (Å²) in [6.07, 6.45) is 1.86. The first-order valence-corrected chi connectivity index (χ1v) is 11.0. The summed E-state index contributed by atoms with van der Waals surface area (Å²) >= 11 is 0. The highest BCUT2D eigenvalue weighted by Crippen LogP contribution is 2.34. The molecule has 34 heavy (non-hydrogen) atoms. The number of hydrogen-bond acceptors (Lipinski definition) is 7. The molecule has 2 aromatic rings. The number of hydrogen-bond donors (Lipinski definition) is 0. The Kier molecular flexibility index (Phi) is 8.29. The molecule has 0 radical (unpaired) electrons. The number of amides is 1. The van der Waals surface area contributed by atoms with Crippen LogP contribution in [-0.2, 0) is 20.8 Å². The van der Waals surface area contributed by atoms with Gasteiger partial charge in [-0.15, -0.1) is 0 Å². The van der Waals surface area contributed by atoms with E-state index in [0.29, 0.717) is 30.8 Å². The molecule has 3 rings (SSSR count). The fourth-order valence-electron chi connectivity index (χ4n) is 3.63. The monoisotopic (exact) mass is 467 g/mol. The molecule has 0 fully saturated rings. The van der Waals surface area contributed by atoms with E-state index in [1.165, 1.54) is 20.3 Å². The van der Waals surface area contributed by atoms with Crippen molar-refractivity contribution in [1.82, 2.24) is 4.90 Å². The van der Waals surface area contributed by atoms with Crippen LogP contribution in [0.25, 0.3) is 5.57 Å². The normalized spacial score (nSPS) is 13.2. The first-order valence-electron chi connectivity index (χ1n) is 11.0. The maximum atomic E-state index is 12.5. The molecule has 1 amide bonds. The molecule has 8 nitrogen and oxygen atoms in total. The minimum atomic E-state index is -0.662. The van der Waals surface area contributed by atoms with Crippen molar-refractivity contribution < 1.29 is 33.3 Å². The molecule has 0 bridgehead atoms.